The van der Waals surface area contributed by atoms with Gasteiger partial charge in [-0.25, -0.2) is 0 Å². The van der Waals surface area contributed by atoms with Gasteiger partial charge in [-0.3, -0.25) is 9.78 Å². The summed E-state index contributed by atoms with van der Waals surface area (Å²) in [6, 6.07) is 7.26. The Labute approximate surface area is 125 Å². The van der Waals surface area contributed by atoms with E-state index in [-0.39, 0.29) is 17.5 Å². The number of pyridine rings is 1. The molecule has 1 aromatic heterocycles. The molecule has 0 bridgehead atoms. The molecule has 2 rings (SSSR count). The average Bonchev–Trinajstić information content (AvgIpc) is 2.47. The molecule has 0 aliphatic carbocycles. The predicted molar refractivity (Wildman–Crippen MR) is 84.7 cm³/mol. The number of nitrogens with zero attached hydrogens (tertiary/aromatic N) is 1. The van der Waals surface area contributed by atoms with Gasteiger partial charge in [-0.15, -0.1) is 0 Å². The Morgan fingerprint density at radius 3 is 2.76 bits per heavy atom. The molecule has 0 amide bonds. The lowest BCUT2D eigenvalue weighted by molar-refractivity contribution is 0.0925. The number of ketones is 1. The van der Waals surface area contributed by atoms with Crippen molar-refractivity contribution < 1.29 is 9.90 Å². The number of Topliss-reactive ketones (excluding diaryl/α,β-unsaturated/α-hetero) is 1. The molecule has 0 radical (unpaired) electrons. The average molecular weight is 286 g/mol. The van der Waals surface area contributed by atoms with E-state index in [0.717, 1.165) is 13.0 Å². The molecule has 1 atom stereocenters. The number of nitrogens with one attached hydrogen (secondary N) is 1. The van der Waals surface area contributed by atoms with E-state index in [1.807, 2.05) is 13.0 Å². The van der Waals surface area contributed by atoms with E-state index in [2.05, 4.69) is 24.1 Å². The lowest BCUT2D eigenvalue weighted by Crippen LogP contribution is -2.26. The zero-order valence-corrected chi connectivity index (χ0v) is 12.8. The molecular weight excluding hydrogens is 264 g/mol. The van der Waals surface area contributed by atoms with Crippen LogP contribution >= 0.6 is 0 Å². The van der Waals surface area contributed by atoms with Gasteiger partial charge in [-0.05, 0) is 31.2 Å². The first-order valence-electron chi connectivity index (χ1n) is 7.35. The van der Waals surface area contributed by atoms with Gasteiger partial charge in [0.25, 0.3) is 0 Å². The van der Waals surface area contributed by atoms with Crippen LogP contribution in [0.5, 0.6) is 5.75 Å². The van der Waals surface area contributed by atoms with Gasteiger partial charge in [0.05, 0.1) is 0 Å². The highest BCUT2D eigenvalue weighted by Crippen LogP contribution is 2.27. The quantitative estimate of drug-likeness (QED) is 0.801. The second kappa shape index (κ2) is 6.68. The first kappa shape index (κ1) is 15.4. The van der Waals surface area contributed by atoms with Crippen LogP contribution in [-0.2, 0) is 0 Å². The lowest BCUT2D eigenvalue weighted by Gasteiger charge is -2.14. The predicted octanol–water partition coefficient (Wildman–Crippen LogP) is 3.15. The number of rotatable bonds is 6. The van der Waals surface area contributed by atoms with Crippen molar-refractivity contribution in [2.75, 3.05) is 6.54 Å². The molecule has 0 saturated carbocycles. The molecule has 4 heteroatoms. The molecule has 0 aliphatic rings. The van der Waals surface area contributed by atoms with Crippen LogP contribution in [0.4, 0.5) is 0 Å². The Morgan fingerprint density at radius 1 is 1.29 bits per heavy atom. The van der Waals surface area contributed by atoms with Gasteiger partial charge >= 0.3 is 0 Å². The molecule has 2 aromatic rings. The summed E-state index contributed by atoms with van der Waals surface area (Å²) in [5.41, 5.74) is 1.11. The van der Waals surface area contributed by atoms with Crippen molar-refractivity contribution in [3.63, 3.8) is 0 Å². The van der Waals surface area contributed by atoms with Crippen molar-refractivity contribution in [2.45, 2.75) is 33.2 Å². The summed E-state index contributed by atoms with van der Waals surface area (Å²) in [4.78, 5) is 16.8. The van der Waals surface area contributed by atoms with Gasteiger partial charge in [0.15, 0.2) is 5.78 Å². The molecule has 0 fully saturated rings. The topological polar surface area (TPSA) is 62.2 Å². The summed E-state index contributed by atoms with van der Waals surface area (Å²) in [7, 11) is 0. The summed E-state index contributed by atoms with van der Waals surface area (Å²) in [5, 5.41) is 13.9. The molecule has 4 nitrogen and oxygen atoms in total. The standard InChI is InChI=1S/C17H22N2O2/c1-11(2)18-10-8-12(3)17(21)14-6-7-15(20)16-13(14)5-4-9-19-16/h4-7,9,11-12,18,20H,8,10H2,1-3H3. The molecular formula is C17H22N2O2. The minimum Gasteiger partial charge on any atom is -0.506 e. The summed E-state index contributed by atoms with van der Waals surface area (Å²) < 4.78 is 0. The smallest absolute Gasteiger partial charge is 0.166 e. The number of carbonyl (C=O) groups is 1. The minimum absolute atomic E-state index is 0.0656. The number of carbonyl (C=O) groups excluding carboxylic acids is 1. The van der Waals surface area contributed by atoms with E-state index < -0.39 is 0 Å². The highest BCUT2D eigenvalue weighted by Gasteiger charge is 2.18. The van der Waals surface area contributed by atoms with E-state index >= 15 is 0 Å². The maximum absolute atomic E-state index is 12.6. The number of hydrogen-bond donors (Lipinski definition) is 2. The van der Waals surface area contributed by atoms with Crippen LogP contribution in [0.2, 0.25) is 0 Å². The molecule has 1 unspecified atom stereocenters. The molecule has 0 spiro atoms. The van der Waals surface area contributed by atoms with E-state index in [1.54, 1.807) is 24.4 Å². The van der Waals surface area contributed by atoms with Crippen LogP contribution in [0, 0.1) is 5.92 Å². The second-order valence-electron chi connectivity index (χ2n) is 5.69. The van der Waals surface area contributed by atoms with Crippen LogP contribution in [0.1, 0.15) is 37.6 Å². The number of phenols is 1. The maximum Gasteiger partial charge on any atom is 0.166 e. The maximum atomic E-state index is 12.6. The van der Waals surface area contributed by atoms with E-state index in [4.69, 9.17) is 0 Å². The summed E-state index contributed by atoms with van der Waals surface area (Å²) in [6.45, 7) is 6.94. The van der Waals surface area contributed by atoms with Crippen LogP contribution < -0.4 is 5.32 Å². The third kappa shape index (κ3) is 3.58. The molecule has 1 aromatic carbocycles. The zero-order valence-electron chi connectivity index (χ0n) is 12.8. The number of phenolic OH excluding ortho intramolecular Hbond substituents is 1. The second-order valence-corrected chi connectivity index (χ2v) is 5.69. The molecule has 112 valence electrons. The van der Waals surface area contributed by atoms with Crippen LogP contribution in [0.25, 0.3) is 10.9 Å². The first-order valence-corrected chi connectivity index (χ1v) is 7.35. The fourth-order valence-electron chi connectivity index (χ4n) is 2.36. The molecule has 2 N–H and O–H groups in total. The van der Waals surface area contributed by atoms with E-state index in [9.17, 15) is 9.90 Å². The number of aromatic hydroxyl groups is 1. The number of fused-ring (bicyclic) bond motifs is 1. The van der Waals surface area contributed by atoms with Crippen LogP contribution in [0.3, 0.4) is 0 Å². The monoisotopic (exact) mass is 286 g/mol. The summed E-state index contributed by atoms with van der Waals surface area (Å²) in [6.07, 6.45) is 2.41. The Kier molecular flexibility index (Phi) is 4.91. The molecule has 0 aliphatic heterocycles. The van der Waals surface area contributed by atoms with Crippen LogP contribution in [-0.4, -0.2) is 28.5 Å². The van der Waals surface area contributed by atoms with Crippen molar-refractivity contribution in [1.82, 2.24) is 10.3 Å². The summed E-state index contributed by atoms with van der Waals surface area (Å²) >= 11 is 0. The van der Waals surface area contributed by atoms with Crippen molar-refractivity contribution >= 4 is 16.7 Å². The van der Waals surface area contributed by atoms with Gasteiger partial charge in [0, 0.05) is 29.1 Å². The first-order chi connectivity index (χ1) is 10.0. The van der Waals surface area contributed by atoms with Crippen molar-refractivity contribution in [2.24, 2.45) is 5.92 Å². The van der Waals surface area contributed by atoms with Crippen molar-refractivity contribution in [1.29, 1.82) is 0 Å². The van der Waals surface area contributed by atoms with E-state index in [0.29, 0.717) is 22.5 Å². The zero-order chi connectivity index (χ0) is 15.4. The third-order valence-corrected chi connectivity index (χ3v) is 3.59. The number of hydrogen-bond acceptors (Lipinski definition) is 4. The van der Waals surface area contributed by atoms with Gasteiger partial charge in [-0.1, -0.05) is 26.8 Å². The number of aromatic nitrogens is 1. The van der Waals surface area contributed by atoms with Gasteiger partial charge < -0.3 is 10.4 Å². The summed E-state index contributed by atoms with van der Waals surface area (Å²) in [5.74, 6) is 0.138. The Hall–Kier alpha value is -1.94. The molecule has 21 heavy (non-hydrogen) atoms. The highest BCUT2D eigenvalue weighted by atomic mass is 16.3. The van der Waals surface area contributed by atoms with Gasteiger partial charge in [0.1, 0.15) is 11.3 Å². The van der Waals surface area contributed by atoms with Gasteiger partial charge in [-0.2, -0.15) is 0 Å². The third-order valence-electron chi connectivity index (χ3n) is 3.59. The fourth-order valence-corrected chi connectivity index (χ4v) is 2.36. The van der Waals surface area contributed by atoms with Crippen molar-refractivity contribution in [3.8, 4) is 5.75 Å². The Bertz CT molecular complexity index is 638. The Balaban J connectivity index is 2.21. The largest absolute Gasteiger partial charge is 0.506 e. The lowest BCUT2D eigenvalue weighted by atomic mass is 9.93. The normalized spacial score (nSPS) is 12.8. The molecule has 0 saturated heterocycles. The van der Waals surface area contributed by atoms with Gasteiger partial charge in [0.2, 0.25) is 0 Å². The number of benzene rings is 1. The SMILES string of the molecule is CC(C)NCCC(C)C(=O)c1ccc(O)c2ncccc12. The molecule has 1 heterocycles. The minimum atomic E-state index is -0.0656. The van der Waals surface area contributed by atoms with Crippen molar-refractivity contribution in [3.05, 3.63) is 36.0 Å². The van der Waals surface area contributed by atoms with Crippen LogP contribution in [0.15, 0.2) is 30.5 Å². The fraction of sp³-hybridized carbons (Fsp3) is 0.412. The Morgan fingerprint density at radius 2 is 2.05 bits per heavy atom. The van der Waals surface area contributed by atoms with E-state index in [1.165, 1.54) is 0 Å². The highest BCUT2D eigenvalue weighted by molar-refractivity contribution is 6.09.